The van der Waals surface area contributed by atoms with Crippen LogP contribution >= 0.6 is 15.9 Å². The standard InChI is InChI=1S/C15H13BrO3/c1-10-12(3-2-4-14(10)16)9-19-13-6-5-11(8-17)15(18)7-13/h2-8,18H,9H2,1H3. The molecule has 2 rings (SSSR count). The molecule has 0 radical (unpaired) electrons. The Hall–Kier alpha value is -1.81. The van der Waals surface area contributed by atoms with Gasteiger partial charge in [-0.3, -0.25) is 4.79 Å². The Morgan fingerprint density at radius 2 is 2.11 bits per heavy atom. The molecule has 0 heterocycles. The normalized spacial score (nSPS) is 10.2. The smallest absolute Gasteiger partial charge is 0.153 e. The van der Waals surface area contributed by atoms with Crippen molar-refractivity contribution in [3.05, 3.63) is 57.6 Å². The van der Waals surface area contributed by atoms with Crippen LogP contribution in [0.2, 0.25) is 0 Å². The second-order valence-corrected chi connectivity index (χ2v) is 5.01. The average Bonchev–Trinajstić information content (AvgIpc) is 2.40. The van der Waals surface area contributed by atoms with Gasteiger partial charge in [0, 0.05) is 10.5 Å². The van der Waals surface area contributed by atoms with Crippen molar-refractivity contribution < 1.29 is 14.6 Å². The van der Waals surface area contributed by atoms with Gasteiger partial charge in [0.25, 0.3) is 0 Å². The number of phenolic OH excluding ortho intramolecular Hbond substituents is 1. The summed E-state index contributed by atoms with van der Waals surface area (Å²) in [5.41, 5.74) is 2.44. The number of ether oxygens (including phenoxy) is 1. The van der Waals surface area contributed by atoms with E-state index in [0.717, 1.165) is 15.6 Å². The number of benzene rings is 2. The highest BCUT2D eigenvalue weighted by molar-refractivity contribution is 9.10. The van der Waals surface area contributed by atoms with Crippen LogP contribution in [-0.2, 0) is 6.61 Å². The Morgan fingerprint density at radius 1 is 1.32 bits per heavy atom. The minimum Gasteiger partial charge on any atom is -0.507 e. The molecule has 0 bridgehead atoms. The highest BCUT2D eigenvalue weighted by Crippen LogP contribution is 2.24. The number of halogens is 1. The molecule has 0 unspecified atom stereocenters. The van der Waals surface area contributed by atoms with Crippen LogP contribution < -0.4 is 4.74 Å². The molecule has 0 aliphatic heterocycles. The van der Waals surface area contributed by atoms with Gasteiger partial charge in [-0.05, 0) is 36.2 Å². The van der Waals surface area contributed by atoms with Gasteiger partial charge in [0.05, 0.1) is 5.56 Å². The zero-order chi connectivity index (χ0) is 13.8. The van der Waals surface area contributed by atoms with E-state index in [1.165, 1.54) is 12.1 Å². The van der Waals surface area contributed by atoms with Gasteiger partial charge in [-0.15, -0.1) is 0 Å². The number of aromatic hydroxyl groups is 1. The number of carbonyl (C=O) groups is 1. The first-order valence-corrected chi connectivity index (χ1v) is 6.56. The van der Waals surface area contributed by atoms with Crippen molar-refractivity contribution in [2.75, 3.05) is 0 Å². The Morgan fingerprint density at radius 3 is 2.79 bits per heavy atom. The monoisotopic (exact) mass is 320 g/mol. The van der Waals surface area contributed by atoms with E-state index >= 15 is 0 Å². The molecule has 4 heteroatoms. The van der Waals surface area contributed by atoms with Gasteiger partial charge in [0.2, 0.25) is 0 Å². The molecule has 0 atom stereocenters. The molecule has 3 nitrogen and oxygen atoms in total. The van der Waals surface area contributed by atoms with Crippen LogP contribution in [0, 0.1) is 6.92 Å². The summed E-state index contributed by atoms with van der Waals surface area (Å²) in [5, 5.41) is 9.57. The number of hydrogen-bond acceptors (Lipinski definition) is 3. The van der Waals surface area contributed by atoms with Crippen LogP contribution in [0.4, 0.5) is 0 Å². The highest BCUT2D eigenvalue weighted by Gasteiger charge is 2.05. The molecule has 0 aliphatic carbocycles. The van der Waals surface area contributed by atoms with Gasteiger partial charge in [0.1, 0.15) is 18.1 Å². The lowest BCUT2D eigenvalue weighted by atomic mass is 10.1. The van der Waals surface area contributed by atoms with Crippen molar-refractivity contribution in [1.82, 2.24) is 0 Å². The van der Waals surface area contributed by atoms with E-state index in [0.29, 0.717) is 18.6 Å². The average molecular weight is 321 g/mol. The quantitative estimate of drug-likeness (QED) is 0.870. The third-order valence-electron chi connectivity index (χ3n) is 2.90. The summed E-state index contributed by atoms with van der Waals surface area (Å²) in [6.45, 7) is 2.42. The molecule has 98 valence electrons. The summed E-state index contributed by atoms with van der Waals surface area (Å²) in [5.74, 6) is 0.459. The van der Waals surface area contributed by atoms with Crippen molar-refractivity contribution in [1.29, 1.82) is 0 Å². The molecule has 0 spiro atoms. The topological polar surface area (TPSA) is 46.5 Å². The molecule has 0 fully saturated rings. The highest BCUT2D eigenvalue weighted by atomic mass is 79.9. The number of hydrogen-bond donors (Lipinski definition) is 1. The lowest BCUT2D eigenvalue weighted by Gasteiger charge is -2.10. The third kappa shape index (κ3) is 3.15. The summed E-state index contributed by atoms with van der Waals surface area (Å²) in [6, 6.07) is 10.5. The summed E-state index contributed by atoms with van der Waals surface area (Å²) in [6.07, 6.45) is 0.609. The molecule has 0 amide bonds. The summed E-state index contributed by atoms with van der Waals surface area (Å²) in [4.78, 5) is 10.6. The van der Waals surface area contributed by atoms with Crippen LogP contribution in [0.3, 0.4) is 0 Å². The molecule has 0 aromatic heterocycles. The minimum absolute atomic E-state index is 0.0709. The van der Waals surface area contributed by atoms with Gasteiger partial charge in [-0.25, -0.2) is 0 Å². The van der Waals surface area contributed by atoms with E-state index in [1.54, 1.807) is 6.07 Å². The zero-order valence-corrected chi connectivity index (χ0v) is 12.0. The lowest BCUT2D eigenvalue weighted by molar-refractivity contribution is 0.112. The molecule has 0 saturated carbocycles. The maximum atomic E-state index is 10.6. The van der Waals surface area contributed by atoms with E-state index in [-0.39, 0.29) is 11.3 Å². The summed E-state index contributed by atoms with van der Waals surface area (Å²) in [7, 11) is 0. The molecule has 19 heavy (non-hydrogen) atoms. The van der Waals surface area contributed by atoms with E-state index < -0.39 is 0 Å². The third-order valence-corrected chi connectivity index (χ3v) is 3.76. The SMILES string of the molecule is Cc1c(Br)cccc1COc1ccc(C=O)c(O)c1. The first-order valence-electron chi connectivity index (χ1n) is 5.77. The van der Waals surface area contributed by atoms with E-state index in [4.69, 9.17) is 4.74 Å². The van der Waals surface area contributed by atoms with Gasteiger partial charge >= 0.3 is 0 Å². The van der Waals surface area contributed by atoms with Gasteiger partial charge in [-0.1, -0.05) is 28.1 Å². The van der Waals surface area contributed by atoms with Crippen LogP contribution in [0.5, 0.6) is 11.5 Å². The molecule has 0 aliphatic rings. The fourth-order valence-corrected chi connectivity index (χ4v) is 2.09. The maximum absolute atomic E-state index is 10.6. The van der Waals surface area contributed by atoms with Gasteiger partial charge in [-0.2, -0.15) is 0 Å². The fraction of sp³-hybridized carbons (Fsp3) is 0.133. The zero-order valence-electron chi connectivity index (χ0n) is 10.4. The maximum Gasteiger partial charge on any atom is 0.153 e. The fourth-order valence-electron chi connectivity index (χ4n) is 1.68. The predicted molar refractivity (Wildman–Crippen MR) is 76.7 cm³/mol. The molecule has 1 N–H and O–H groups in total. The Bertz CT molecular complexity index is 608. The minimum atomic E-state index is -0.0709. The van der Waals surface area contributed by atoms with E-state index in [9.17, 15) is 9.90 Å². The molecular formula is C15H13BrO3. The molecule has 0 saturated heterocycles. The number of aldehydes is 1. The number of carbonyl (C=O) groups excluding carboxylic acids is 1. The Labute approximate surface area is 120 Å². The second-order valence-electron chi connectivity index (χ2n) is 4.15. The Balaban J connectivity index is 2.12. The van der Waals surface area contributed by atoms with E-state index in [1.807, 2.05) is 25.1 Å². The van der Waals surface area contributed by atoms with Crippen LogP contribution in [0.1, 0.15) is 21.5 Å². The number of rotatable bonds is 4. The van der Waals surface area contributed by atoms with Crippen LogP contribution in [0.15, 0.2) is 40.9 Å². The summed E-state index contributed by atoms with van der Waals surface area (Å²) < 4.78 is 6.65. The largest absolute Gasteiger partial charge is 0.507 e. The second kappa shape index (κ2) is 5.89. The summed E-state index contributed by atoms with van der Waals surface area (Å²) >= 11 is 3.47. The number of phenols is 1. The van der Waals surface area contributed by atoms with Crippen LogP contribution in [0.25, 0.3) is 0 Å². The molecule has 2 aromatic rings. The molecule has 2 aromatic carbocycles. The van der Waals surface area contributed by atoms with Crippen LogP contribution in [-0.4, -0.2) is 11.4 Å². The van der Waals surface area contributed by atoms with Crippen molar-refractivity contribution >= 4 is 22.2 Å². The van der Waals surface area contributed by atoms with Crippen molar-refractivity contribution in [3.63, 3.8) is 0 Å². The van der Waals surface area contributed by atoms with E-state index in [2.05, 4.69) is 15.9 Å². The Kier molecular flexibility index (Phi) is 4.22. The first kappa shape index (κ1) is 13.6. The van der Waals surface area contributed by atoms with Crippen molar-refractivity contribution in [2.45, 2.75) is 13.5 Å². The lowest BCUT2D eigenvalue weighted by Crippen LogP contribution is -1.98. The van der Waals surface area contributed by atoms with Crippen molar-refractivity contribution in [2.24, 2.45) is 0 Å². The van der Waals surface area contributed by atoms with Gasteiger partial charge < -0.3 is 9.84 Å². The predicted octanol–water partition coefficient (Wildman–Crippen LogP) is 3.85. The van der Waals surface area contributed by atoms with Crippen molar-refractivity contribution in [3.8, 4) is 11.5 Å². The first-order chi connectivity index (χ1) is 9.11. The van der Waals surface area contributed by atoms with Gasteiger partial charge in [0.15, 0.2) is 6.29 Å². The molecular weight excluding hydrogens is 308 g/mol.